The van der Waals surface area contributed by atoms with E-state index in [4.69, 9.17) is 27.8 Å². The van der Waals surface area contributed by atoms with E-state index in [1.807, 2.05) is 0 Å². The van der Waals surface area contributed by atoms with Gasteiger partial charge in [0.1, 0.15) is 12.4 Å². The summed E-state index contributed by atoms with van der Waals surface area (Å²) < 4.78 is 17.6. The quantitative estimate of drug-likeness (QED) is 0.655. The summed E-state index contributed by atoms with van der Waals surface area (Å²) >= 11 is 5.84. The maximum absolute atomic E-state index is 12.7. The number of amides is 1. The molecule has 0 saturated carbocycles. The van der Waals surface area contributed by atoms with Crippen molar-refractivity contribution in [2.75, 3.05) is 7.11 Å². The molecule has 0 radical (unpaired) electrons. The van der Waals surface area contributed by atoms with E-state index in [0.29, 0.717) is 0 Å². The van der Waals surface area contributed by atoms with Crippen LogP contribution in [0.2, 0.25) is 5.02 Å². The molecule has 1 rings (SSSR count). The minimum Gasteiger partial charge on any atom is -0.496 e. The molecule has 0 heterocycles. The molecule has 0 aromatic heterocycles. The molecule has 4 N–H and O–H groups in total. The number of nitrogens with two attached hydrogens (primary N) is 2. The molecular formula is C10H12Cl2FN3O2. The van der Waals surface area contributed by atoms with Gasteiger partial charge < -0.3 is 16.2 Å². The fourth-order valence-electron chi connectivity index (χ4n) is 1.24. The zero-order chi connectivity index (χ0) is 13.0. The van der Waals surface area contributed by atoms with Gasteiger partial charge in [0.15, 0.2) is 5.96 Å². The first-order chi connectivity index (χ1) is 7.99. The number of guanidine groups is 1. The molecule has 0 aliphatic carbocycles. The third kappa shape index (κ3) is 3.75. The van der Waals surface area contributed by atoms with Gasteiger partial charge in [0.05, 0.1) is 17.7 Å². The highest BCUT2D eigenvalue weighted by Crippen LogP contribution is 2.28. The minimum atomic E-state index is -0.789. The third-order valence-electron chi connectivity index (χ3n) is 1.98. The summed E-state index contributed by atoms with van der Waals surface area (Å²) in [5.74, 6) is -0.852. The number of carbonyl (C=O) groups is 1. The zero-order valence-corrected chi connectivity index (χ0v) is 11.0. The lowest BCUT2D eigenvalue weighted by Gasteiger charge is -2.08. The summed E-state index contributed by atoms with van der Waals surface area (Å²) in [5.41, 5.74) is 10.4. The van der Waals surface area contributed by atoms with Crippen molar-refractivity contribution in [2.24, 2.45) is 16.5 Å². The number of nitrogens with zero attached hydrogens (tertiary/aromatic N) is 1. The molecule has 1 amide bonds. The van der Waals surface area contributed by atoms with Gasteiger partial charge in [-0.3, -0.25) is 4.79 Å². The maximum Gasteiger partial charge on any atom is 0.281 e. The van der Waals surface area contributed by atoms with Gasteiger partial charge in [-0.15, -0.1) is 12.4 Å². The number of ether oxygens (including phenoxy) is 1. The van der Waals surface area contributed by atoms with Crippen LogP contribution in [0.15, 0.2) is 17.1 Å². The molecule has 0 saturated heterocycles. The number of alkyl halides is 1. The lowest BCUT2D eigenvalue weighted by molar-refractivity contribution is 0.100. The standard InChI is InChI=1S/C10H11ClFN3O2.ClH/c1-17-8-3-7(11)6(2-5(8)4-12)9(16)15-10(13)14;/h2-3H,4H2,1H3,(H4,13,14,15,16);1H. The second-order valence-corrected chi connectivity index (χ2v) is 3.53. The Morgan fingerprint density at radius 2 is 2.11 bits per heavy atom. The van der Waals surface area contributed by atoms with E-state index in [1.165, 1.54) is 19.2 Å². The fraction of sp³-hybridized carbons (Fsp3) is 0.200. The van der Waals surface area contributed by atoms with Crippen molar-refractivity contribution in [2.45, 2.75) is 6.67 Å². The number of rotatable bonds is 3. The highest BCUT2D eigenvalue weighted by Gasteiger charge is 2.14. The van der Waals surface area contributed by atoms with E-state index in [9.17, 15) is 9.18 Å². The highest BCUT2D eigenvalue weighted by atomic mass is 35.5. The molecule has 0 aliphatic rings. The van der Waals surface area contributed by atoms with Gasteiger partial charge in [-0.2, -0.15) is 4.99 Å². The van der Waals surface area contributed by atoms with E-state index in [-0.39, 0.29) is 40.3 Å². The summed E-state index contributed by atoms with van der Waals surface area (Å²) in [5, 5.41) is 0.0917. The van der Waals surface area contributed by atoms with Crippen molar-refractivity contribution in [3.63, 3.8) is 0 Å². The average molecular weight is 296 g/mol. The van der Waals surface area contributed by atoms with Crippen LogP contribution in [-0.4, -0.2) is 19.0 Å². The molecule has 0 unspecified atom stereocenters. The number of carbonyl (C=O) groups excluding carboxylic acids is 1. The Hall–Kier alpha value is -1.53. The molecule has 0 fully saturated rings. The smallest absolute Gasteiger partial charge is 0.281 e. The maximum atomic E-state index is 12.7. The van der Waals surface area contributed by atoms with Gasteiger partial charge in [0.25, 0.3) is 5.91 Å². The second-order valence-electron chi connectivity index (χ2n) is 3.12. The van der Waals surface area contributed by atoms with Gasteiger partial charge in [0.2, 0.25) is 0 Å². The molecule has 0 bridgehead atoms. The van der Waals surface area contributed by atoms with Gasteiger partial charge in [0, 0.05) is 5.56 Å². The van der Waals surface area contributed by atoms with Gasteiger partial charge in [-0.1, -0.05) is 11.6 Å². The first-order valence-electron chi connectivity index (χ1n) is 4.56. The SMILES string of the molecule is COc1cc(Cl)c(C(=O)N=C(N)N)cc1CF.Cl. The first kappa shape index (κ1) is 16.5. The topological polar surface area (TPSA) is 90.7 Å². The van der Waals surface area contributed by atoms with Crippen molar-refractivity contribution < 1.29 is 13.9 Å². The van der Waals surface area contributed by atoms with Crippen LogP contribution in [-0.2, 0) is 6.67 Å². The largest absolute Gasteiger partial charge is 0.496 e. The molecule has 0 spiro atoms. The first-order valence-corrected chi connectivity index (χ1v) is 4.93. The number of aliphatic imine (C=N–C) groups is 1. The Bertz CT molecular complexity index is 476. The number of halogens is 3. The molecule has 1 aromatic carbocycles. The Morgan fingerprint density at radius 3 is 2.56 bits per heavy atom. The van der Waals surface area contributed by atoms with Crippen molar-refractivity contribution in [1.82, 2.24) is 0 Å². The predicted octanol–water partition coefficient (Wildman–Crippen LogP) is 1.65. The predicted molar refractivity (Wildman–Crippen MR) is 70.2 cm³/mol. The molecule has 8 heteroatoms. The van der Waals surface area contributed by atoms with Crippen LogP contribution in [0.25, 0.3) is 0 Å². The Labute approximate surface area is 114 Å². The number of hydrogen-bond acceptors (Lipinski definition) is 2. The third-order valence-corrected chi connectivity index (χ3v) is 2.29. The van der Waals surface area contributed by atoms with Crippen molar-refractivity contribution in [1.29, 1.82) is 0 Å². The zero-order valence-electron chi connectivity index (χ0n) is 9.44. The fourth-order valence-corrected chi connectivity index (χ4v) is 1.47. The molecule has 0 atom stereocenters. The van der Waals surface area contributed by atoms with Crippen LogP contribution in [0, 0.1) is 0 Å². The Morgan fingerprint density at radius 1 is 1.50 bits per heavy atom. The highest BCUT2D eigenvalue weighted by molar-refractivity contribution is 6.34. The molecule has 18 heavy (non-hydrogen) atoms. The van der Waals surface area contributed by atoms with Gasteiger partial charge in [-0.25, -0.2) is 4.39 Å². The monoisotopic (exact) mass is 295 g/mol. The van der Waals surface area contributed by atoms with Crippen LogP contribution < -0.4 is 16.2 Å². The Kier molecular flexibility index (Phi) is 6.43. The lowest BCUT2D eigenvalue weighted by Crippen LogP contribution is -2.24. The summed E-state index contributed by atoms with van der Waals surface area (Å²) in [7, 11) is 1.38. The molecule has 5 nitrogen and oxygen atoms in total. The summed E-state index contributed by atoms with van der Waals surface area (Å²) in [4.78, 5) is 14.9. The van der Waals surface area contributed by atoms with Gasteiger partial charge >= 0.3 is 0 Å². The number of benzene rings is 1. The van der Waals surface area contributed by atoms with Crippen LogP contribution in [0.1, 0.15) is 15.9 Å². The second kappa shape index (κ2) is 7.03. The van der Waals surface area contributed by atoms with E-state index >= 15 is 0 Å². The lowest BCUT2D eigenvalue weighted by atomic mass is 10.1. The van der Waals surface area contributed by atoms with E-state index in [2.05, 4.69) is 4.99 Å². The summed E-state index contributed by atoms with van der Waals surface area (Å²) in [6.07, 6.45) is 0. The normalized spacial score (nSPS) is 9.28. The summed E-state index contributed by atoms with van der Waals surface area (Å²) in [6, 6.07) is 2.60. The number of methoxy groups -OCH3 is 1. The number of hydrogen-bond donors (Lipinski definition) is 2. The van der Waals surface area contributed by atoms with E-state index in [0.717, 1.165) is 0 Å². The molecular weight excluding hydrogens is 284 g/mol. The van der Waals surface area contributed by atoms with Crippen molar-refractivity contribution in [3.8, 4) is 5.75 Å². The van der Waals surface area contributed by atoms with Crippen LogP contribution in [0.3, 0.4) is 0 Å². The van der Waals surface area contributed by atoms with Crippen LogP contribution in [0.5, 0.6) is 5.75 Å². The van der Waals surface area contributed by atoms with E-state index in [1.54, 1.807) is 0 Å². The summed E-state index contributed by atoms with van der Waals surface area (Å²) in [6.45, 7) is -0.789. The van der Waals surface area contributed by atoms with Gasteiger partial charge in [-0.05, 0) is 12.1 Å². The van der Waals surface area contributed by atoms with Crippen molar-refractivity contribution >= 4 is 35.9 Å². The molecule has 0 aliphatic heterocycles. The van der Waals surface area contributed by atoms with Crippen LogP contribution >= 0.6 is 24.0 Å². The molecule has 1 aromatic rings. The van der Waals surface area contributed by atoms with E-state index < -0.39 is 12.6 Å². The van der Waals surface area contributed by atoms with Crippen molar-refractivity contribution in [3.05, 3.63) is 28.3 Å². The average Bonchev–Trinajstić information content (AvgIpc) is 2.27. The molecule has 100 valence electrons. The Balaban J connectivity index is 0.00000289. The minimum absolute atomic E-state index is 0. The van der Waals surface area contributed by atoms with Crippen LogP contribution in [0.4, 0.5) is 4.39 Å².